The maximum atomic E-state index is 5.35. The van der Waals surface area contributed by atoms with Gasteiger partial charge in [0.15, 0.2) is 0 Å². The molecule has 4 nitrogen and oxygen atoms in total. The van der Waals surface area contributed by atoms with Crippen LogP contribution in [0.3, 0.4) is 0 Å². The normalized spacial score (nSPS) is 16.9. The van der Waals surface area contributed by atoms with Gasteiger partial charge in [0, 0.05) is 31.4 Å². The molecule has 1 aromatic rings. The molecule has 0 bridgehead atoms. The van der Waals surface area contributed by atoms with Crippen LogP contribution in [-0.4, -0.2) is 55.8 Å². The van der Waals surface area contributed by atoms with Crippen molar-refractivity contribution in [2.75, 3.05) is 45.9 Å². The van der Waals surface area contributed by atoms with E-state index in [1.807, 2.05) is 0 Å². The van der Waals surface area contributed by atoms with Gasteiger partial charge in [-0.15, -0.1) is 11.3 Å². The van der Waals surface area contributed by atoms with E-state index >= 15 is 0 Å². The topological polar surface area (TPSA) is 37.4 Å². The standard InChI is InChI=1S/C15H27N3OS/c1-13(2)14-12-20-15(17-14)4-6-16-5-3-7-18-8-10-19-11-9-18/h12-13,16H,3-11H2,1-2H3. The van der Waals surface area contributed by atoms with Crippen molar-refractivity contribution in [1.82, 2.24) is 15.2 Å². The van der Waals surface area contributed by atoms with E-state index in [4.69, 9.17) is 4.74 Å². The van der Waals surface area contributed by atoms with Gasteiger partial charge in [0.1, 0.15) is 0 Å². The minimum atomic E-state index is 0.543. The molecule has 0 spiro atoms. The summed E-state index contributed by atoms with van der Waals surface area (Å²) in [5.74, 6) is 0.543. The molecular weight excluding hydrogens is 270 g/mol. The van der Waals surface area contributed by atoms with E-state index in [2.05, 4.69) is 34.4 Å². The van der Waals surface area contributed by atoms with Crippen LogP contribution < -0.4 is 5.32 Å². The van der Waals surface area contributed by atoms with Crippen molar-refractivity contribution < 1.29 is 4.74 Å². The average Bonchev–Trinajstić information content (AvgIpc) is 2.93. The van der Waals surface area contributed by atoms with Crippen LogP contribution in [0.1, 0.15) is 36.9 Å². The summed E-state index contributed by atoms with van der Waals surface area (Å²) in [4.78, 5) is 7.14. The Balaban J connectivity index is 1.50. The molecule has 5 heteroatoms. The molecule has 0 aromatic carbocycles. The van der Waals surface area contributed by atoms with E-state index in [1.54, 1.807) is 11.3 Å². The predicted molar refractivity (Wildman–Crippen MR) is 84.7 cm³/mol. The van der Waals surface area contributed by atoms with Crippen LogP contribution in [0.4, 0.5) is 0 Å². The largest absolute Gasteiger partial charge is 0.379 e. The first-order chi connectivity index (χ1) is 9.75. The summed E-state index contributed by atoms with van der Waals surface area (Å²) >= 11 is 1.79. The number of morpholine rings is 1. The smallest absolute Gasteiger partial charge is 0.0941 e. The highest BCUT2D eigenvalue weighted by Crippen LogP contribution is 2.17. The molecule has 1 aromatic heterocycles. The van der Waals surface area contributed by atoms with Gasteiger partial charge in [-0.05, 0) is 25.4 Å². The quantitative estimate of drug-likeness (QED) is 0.746. The molecule has 20 heavy (non-hydrogen) atoms. The third-order valence-corrected chi connectivity index (χ3v) is 4.54. The van der Waals surface area contributed by atoms with E-state index in [0.717, 1.165) is 45.8 Å². The predicted octanol–water partition coefficient (Wildman–Crippen LogP) is 2.12. The molecule has 0 radical (unpaired) electrons. The minimum absolute atomic E-state index is 0.543. The molecule has 1 fully saturated rings. The molecule has 2 heterocycles. The summed E-state index contributed by atoms with van der Waals surface area (Å²) < 4.78 is 5.35. The van der Waals surface area contributed by atoms with Crippen LogP contribution in [0.2, 0.25) is 0 Å². The van der Waals surface area contributed by atoms with E-state index in [-0.39, 0.29) is 0 Å². The summed E-state index contributed by atoms with van der Waals surface area (Å²) in [7, 11) is 0. The molecule has 2 rings (SSSR count). The number of rotatable bonds is 8. The Kier molecular flexibility index (Phi) is 6.93. The van der Waals surface area contributed by atoms with Gasteiger partial charge in [0.05, 0.1) is 23.9 Å². The van der Waals surface area contributed by atoms with Gasteiger partial charge < -0.3 is 10.1 Å². The first-order valence-corrected chi connectivity index (χ1v) is 8.59. The average molecular weight is 297 g/mol. The van der Waals surface area contributed by atoms with Crippen molar-refractivity contribution >= 4 is 11.3 Å². The highest BCUT2D eigenvalue weighted by molar-refractivity contribution is 7.09. The van der Waals surface area contributed by atoms with Gasteiger partial charge >= 0.3 is 0 Å². The number of nitrogens with zero attached hydrogens (tertiary/aromatic N) is 2. The van der Waals surface area contributed by atoms with E-state index < -0.39 is 0 Å². The molecule has 1 saturated heterocycles. The third kappa shape index (κ3) is 5.48. The second-order valence-electron chi connectivity index (χ2n) is 5.63. The third-order valence-electron chi connectivity index (χ3n) is 3.61. The second kappa shape index (κ2) is 8.72. The molecule has 114 valence electrons. The number of ether oxygens (including phenoxy) is 1. The van der Waals surface area contributed by atoms with Gasteiger partial charge in [-0.3, -0.25) is 4.90 Å². The monoisotopic (exact) mass is 297 g/mol. The zero-order valence-corrected chi connectivity index (χ0v) is 13.5. The van der Waals surface area contributed by atoms with Crippen LogP contribution in [0.25, 0.3) is 0 Å². The van der Waals surface area contributed by atoms with E-state index in [0.29, 0.717) is 5.92 Å². The van der Waals surface area contributed by atoms with E-state index in [1.165, 1.54) is 23.7 Å². The Labute approximate surface area is 126 Å². The number of nitrogens with one attached hydrogen (secondary N) is 1. The number of thiazole rings is 1. The van der Waals surface area contributed by atoms with Crippen molar-refractivity contribution in [2.45, 2.75) is 32.6 Å². The molecule has 1 aliphatic rings. The fraction of sp³-hybridized carbons (Fsp3) is 0.800. The summed E-state index contributed by atoms with van der Waals surface area (Å²) in [6.45, 7) is 11.7. The number of hydrogen-bond donors (Lipinski definition) is 1. The Morgan fingerprint density at radius 3 is 2.85 bits per heavy atom. The first kappa shape index (κ1) is 15.9. The summed E-state index contributed by atoms with van der Waals surface area (Å²) in [5.41, 5.74) is 1.23. The fourth-order valence-corrected chi connectivity index (χ4v) is 3.24. The van der Waals surface area contributed by atoms with Crippen LogP contribution in [0, 0.1) is 0 Å². The van der Waals surface area contributed by atoms with Crippen LogP contribution in [0.5, 0.6) is 0 Å². The van der Waals surface area contributed by atoms with Crippen molar-refractivity contribution in [1.29, 1.82) is 0 Å². The molecule has 0 saturated carbocycles. The Morgan fingerprint density at radius 1 is 1.35 bits per heavy atom. The fourth-order valence-electron chi connectivity index (χ4n) is 2.28. The highest BCUT2D eigenvalue weighted by atomic mass is 32.1. The molecule has 0 aliphatic carbocycles. The van der Waals surface area contributed by atoms with Crippen molar-refractivity contribution in [3.05, 3.63) is 16.1 Å². The Hall–Kier alpha value is -0.490. The zero-order chi connectivity index (χ0) is 14.2. The lowest BCUT2D eigenvalue weighted by Gasteiger charge is -2.26. The maximum absolute atomic E-state index is 5.35. The maximum Gasteiger partial charge on any atom is 0.0941 e. The molecule has 0 amide bonds. The molecular formula is C15H27N3OS. The first-order valence-electron chi connectivity index (χ1n) is 7.71. The summed E-state index contributed by atoms with van der Waals surface area (Å²) in [6, 6.07) is 0. The lowest BCUT2D eigenvalue weighted by Crippen LogP contribution is -2.37. The molecule has 1 N–H and O–H groups in total. The van der Waals surface area contributed by atoms with Crippen molar-refractivity contribution in [3.8, 4) is 0 Å². The molecule has 0 unspecified atom stereocenters. The van der Waals surface area contributed by atoms with Crippen LogP contribution in [-0.2, 0) is 11.2 Å². The summed E-state index contributed by atoms with van der Waals surface area (Å²) in [5, 5.41) is 6.97. The lowest BCUT2D eigenvalue weighted by molar-refractivity contribution is 0.0375. The van der Waals surface area contributed by atoms with Crippen molar-refractivity contribution in [3.63, 3.8) is 0 Å². The molecule has 1 aliphatic heterocycles. The van der Waals surface area contributed by atoms with Gasteiger partial charge in [-0.25, -0.2) is 4.98 Å². The van der Waals surface area contributed by atoms with Crippen molar-refractivity contribution in [2.24, 2.45) is 0 Å². The van der Waals surface area contributed by atoms with E-state index in [9.17, 15) is 0 Å². The Bertz CT molecular complexity index is 375. The minimum Gasteiger partial charge on any atom is -0.379 e. The number of aromatic nitrogens is 1. The zero-order valence-electron chi connectivity index (χ0n) is 12.7. The second-order valence-corrected chi connectivity index (χ2v) is 6.57. The summed E-state index contributed by atoms with van der Waals surface area (Å²) in [6.07, 6.45) is 2.27. The van der Waals surface area contributed by atoms with Gasteiger partial charge in [0.25, 0.3) is 0 Å². The highest BCUT2D eigenvalue weighted by Gasteiger charge is 2.09. The van der Waals surface area contributed by atoms with Gasteiger partial charge in [0.2, 0.25) is 0 Å². The SMILES string of the molecule is CC(C)c1csc(CCNCCCN2CCOCC2)n1. The van der Waals surface area contributed by atoms with Gasteiger partial charge in [-0.1, -0.05) is 13.8 Å². The molecule has 0 atom stereocenters. The number of hydrogen-bond acceptors (Lipinski definition) is 5. The van der Waals surface area contributed by atoms with Crippen LogP contribution >= 0.6 is 11.3 Å². The lowest BCUT2D eigenvalue weighted by atomic mass is 10.2. The Morgan fingerprint density at radius 2 is 2.15 bits per heavy atom. The van der Waals surface area contributed by atoms with Crippen LogP contribution in [0.15, 0.2) is 5.38 Å². The van der Waals surface area contributed by atoms with Gasteiger partial charge in [-0.2, -0.15) is 0 Å².